The van der Waals surface area contributed by atoms with Gasteiger partial charge in [0.15, 0.2) is 0 Å². The number of benzene rings is 1. The molecular weight excluding hydrogens is 491 g/mol. The molecule has 1 aliphatic carbocycles. The molecule has 3 heterocycles. The Bertz CT molecular complexity index is 1500. The van der Waals surface area contributed by atoms with Gasteiger partial charge in [0, 0.05) is 37.2 Å². The molecule has 1 atom stereocenters. The maximum atomic E-state index is 13.9. The number of H-pyrrole nitrogens is 1. The van der Waals surface area contributed by atoms with Gasteiger partial charge in [-0.3, -0.25) is 19.5 Å². The number of amides is 2. The second kappa shape index (κ2) is 8.29. The molecule has 1 aromatic carbocycles. The van der Waals surface area contributed by atoms with Crippen molar-refractivity contribution in [2.45, 2.75) is 50.1 Å². The lowest BCUT2D eigenvalue weighted by molar-refractivity contribution is -0.148. The van der Waals surface area contributed by atoms with Crippen LogP contribution in [-0.2, 0) is 16.9 Å². The largest absolute Gasteiger partial charge is 0.364 e. The van der Waals surface area contributed by atoms with Crippen molar-refractivity contribution in [1.82, 2.24) is 25.3 Å². The first kappa shape index (κ1) is 24.2. The molecule has 1 unspecified atom stereocenters. The van der Waals surface area contributed by atoms with Crippen molar-refractivity contribution in [2.75, 3.05) is 0 Å². The van der Waals surface area contributed by atoms with Crippen LogP contribution in [0.15, 0.2) is 24.4 Å². The minimum atomic E-state index is -3.06. The van der Waals surface area contributed by atoms with Crippen LogP contribution >= 0.6 is 0 Å². The Hall–Kier alpha value is -4.47. The Balaban J connectivity index is 1.56. The average Bonchev–Trinajstić information content (AvgIpc) is 3.54. The van der Waals surface area contributed by atoms with Crippen LogP contribution in [0.5, 0.6) is 0 Å². The monoisotopic (exact) mass is 511 g/mol. The lowest BCUT2D eigenvalue weighted by Crippen LogP contribution is -2.61. The molecule has 190 valence electrons. The molecule has 37 heavy (non-hydrogen) atoms. The Labute approximate surface area is 207 Å². The minimum absolute atomic E-state index is 0.0395. The molecule has 1 saturated carbocycles. The number of rotatable bonds is 6. The van der Waals surface area contributed by atoms with E-state index in [2.05, 4.69) is 20.7 Å². The molecule has 0 saturated heterocycles. The van der Waals surface area contributed by atoms with Crippen LogP contribution in [0.25, 0.3) is 0 Å². The van der Waals surface area contributed by atoms with Crippen LogP contribution in [0.2, 0.25) is 0 Å². The molecule has 0 radical (unpaired) electrons. The average molecular weight is 511 g/mol. The molecule has 2 amide bonds. The highest BCUT2D eigenvalue weighted by molar-refractivity contribution is 6.44. The number of alkyl halides is 2. The van der Waals surface area contributed by atoms with Crippen LogP contribution < -0.4 is 11.1 Å². The smallest absolute Gasteiger partial charge is 0.293 e. The molecule has 2 aliphatic rings. The number of fused-ring (bicyclic) bond motifs is 1. The van der Waals surface area contributed by atoms with E-state index in [-0.39, 0.29) is 34.6 Å². The summed E-state index contributed by atoms with van der Waals surface area (Å²) in [5, 5.41) is 21.3. The third kappa shape index (κ3) is 3.76. The molecule has 5 rings (SSSR count). The topological polar surface area (TPSA) is 160 Å². The van der Waals surface area contributed by atoms with Crippen LogP contribution in [0.3, 0.4) is 0 Å². The summed E-state index contributed by atoms with van der Waals surface area (Å²) in [7, 11) is 0. The van der Waals surface area contributed by atoms with Gasteiger partial charge in [-0.1, -0.05) is 11.3 Å². The highest BCUT2D eigenvalue weighted by atomic mass is 19.3. The zero-order valence-electron chi connectivity index (χ0n) is 19.4. The van der Waals surface area contributed by atoms with E-state index in [9.17, 15) is 32.8 Å². The van der Waals surface area contributed by atoms with Crippen molar-refractivity contribution >= 4 is 17.6 Å². The number of Topliss-reactive ketones (excluding diaryl/α,β-unsaturated/α-hetero) is 1. The van der Waals surface area contributed by atoms with Crippen molar-refractivity contribution in [3.63, 3.8) is 0 Å². The van der Waals surface area contributed by atoms with E-state index in [0.717, 1.165) is 6.07 Å². The van der Waals surface area contributed by atoms with Crippen LogP contribution in [-0.4, -0.2) is 43.5 Å². The fraction of sp³-hybridized carbons (Fsp3) is 0.333. The molecule has 2 aromatic heterocycles. The highest BCUT2D eigenvalue weighted by Crippen LogP contribution is 2.51. The number of nitrogens with one attached hydrogen (secondary N) is 2. The zero-order valence-corrected chi connectivity index (χ0v) is 19.4. The predicted octanol–water partition coefficient (Wildman–Crippen LogP) is 2.18. The van der Waals surface area contributed by atoms with Gasteiger partial charge in [-0.15, -0.1) is 5.10 Å². The number of halogens is 3. The molecule has 1 fully saturated rings. The number of hydrogen-bond acceptors (Lipinski definition) is 6. The Morgan fingerprint density at radius 3 is 2.62 bits per heavy atom. The van der Waals surface area contributed by atoms with Gasteiger partial charge in [0.1, 0.15) is 23.3 Å². The third-order valence-corrected chi connectivity index (χ3v) is 7.08. The van der Waals surface area contributed by atoms with E-state index >= 15 is 0 Å². The van der Waals surface area contributed by atoms with Crippen molar-refractivity contribution in [3.05, 3.63) is 69.5 Å². The van der Waals surface area contributed by atoms with Gasteiger partial charge in [0.25, 0.3) is 23.5 Å². The molecule has 13 heteroatoms. The van der Waals surface area contributed by atoms with Gasteiger partial charge < -0.3 is 15.6 Å². The quantitative estimate of drug-likeness (QED) is 0.340. The van der Waals surface area contributed by atoms with Gasteiger partial charge in [-0.2, -0.15) is 5.26 Å². The molecule has 1 aliphatic heterocycles. The molecule has 0 bridgehead atoms. The first-order valence-corrected chi connectivity index (χ1v) is 11.3. The van der Waals surface area contributed by atoms with E-state index < -0.39 is 53.6 Å². The first-order valence-electron chi connectivity index (χ1n) is 11.3. The van der Waals surface area contributed by atoms with Crippen LogP contribution in [0, 0.1) is 24.1 Å². The van der Waals surface area contributed by atoms with Crippen molar-refractivity contribution in [1.29, 1.82) is 5.26 Å². The van der Waals surface area contributed by atoms with Gasteiger partial charge in [-0.05, 0) is 36.6 Å². The number of carbonyl (C=O) groups excluding carboxylic acids is 3. The molecule has 3 aromatic rings. The summed E-state index contributed by atoms with van der Waals surface area (Å²) in [5.74, 6) is -7.33. The summed E-state index contributed by atoms with van der Waals surface area (Å²) in [6, 6.07) is 5.72. The number of aromatic nitrogens is 4. The van der Waals surface area contributed by atoms with E-state index in [1.54, 1.807) is 10.6 Å². The summed E-state index contributed by atoms with van der Waals surface area (Å²) >= 11 is 0. The summed E-state index contributed by atoms with van der Waals surface area (Å²) in [6.45, 7) is 1.75. The lowest BCUT2D eigenvalue weighted by atomic mass is 9.71. The van der Waals surface area contributed by atoms with Gasteiger partial charge in [0.2, 0.25) is 0 Å². The van der Waals surface area contributed by atoms with E-state index in [1.807, 2.05) is 0 Å². The Kier molecular flexibility index (Phi) is 5.43. The van der Waals surface area contributed by atoms with Crippen LogP contribution in [0.1, 0.15) is 74.1 Å². The molecule has 0 spiro atoms. The summed E-state index contributed by atoms with van der Waals surface area (Å²) < 4.78 is 43.2. The zero-order chi connectivity index (χ0) is 26.7. The summed E-state index contributed by atoms with van der Waals surface area (Å²) in [6.07, 6.45) is 0.132. The number of nitrogens with zero attached hydrogens (tertiary/aromatic N) is 4. The highest BCUT2D eigenvalue weighted by Gasteiger charge is 2.60. The number of primary amides is 1. The van der Waals surface area contributed by atoms with E-state index in [4.69, 9.17) is 5.73 Å². The number of ketones is 1. The molecule has 10 nitrogen and oxygen atoms in total. The predicted molar refractivity (Wildman–Crippen MR) is 120 cm³/mol. The molecular formula is C24H20F3N7O3. The second-order valence-electron chi connectivity index (χ2n) is 9.38. The second-order valence-corrected chi connectivity index (χ2v) is 9.38. The fourth-order valence-corrected chi connectivity index (χ4v) is 5.52. The summed E-state index contributed by atoms with van der Waals surface area (Å²) in [4.78, 5) is 39.0. The maximum Gasteiger partial charge on any atom is 0.293 e. The van der Waals surface area contributed by atoms with Gasteiger partial charge in [-0.25, -0.2) is 13.2 Å². The van der Waals surface area contributed by atoms with Crippen LogP contribution in [0.4, 0.5) is 13.2 Å². The van der Waals surface area contributed by atoms with Crippen molar-refractivity contribution < 1.29 is 27.6 Å². The number of aromatic amines is 1. The minimum Gasteiger partial charge on any atom is -0.364 e. The third-order valence-electron chi connectivity index (χ3n) is 7.08. The first-order chi connectivity index (χ1) is 17.5. The Morgan fingerprint density at radius 1 is 1.30 bits per heavy atom. The van der Waals surface area contributed by atoms with E-state index in [1.165, 1.54) is 25.3 Å². The fourth-order valence-electron chi connectivity index (χ4n) is 5.52. The lowest BCUT2D eigenvalue weighted by Gasteiger charge is -2.46. The Morgan fingerprint density at radius 2 is 2.03 bits per heavy atom. The van der Waals surface area contributed by atoms with E-state index in [0.29, 0.717) is 17.7 Å². The maximum absolute atomic E-state index is 13.9. The SMILES string of the molecule is Cc1c(C(=O)C(=O)NC2(c3c[nH]nn3)CC(F)(F)C2)c2n(c1C(N)=O)CCC2c1ccc(F)c(C#N)c1. The number of nitrogens with two attached hydrogens (primary N) is 1. The number of hydrogen-bond donors (Lipinski definition) is 3. The standard InChI is InChI=1S/C24H20F3N7O3/c1-11-17(20(35)22(37)31-23(9-24(26,27)10-23)16-8-30-33-32-16)19-14(4-5-34(19)18(11)21(29)36)12-2-3-15(25)13(6-12)7-28/h2-3,6,8,14H,4-5,9-10H2,1H3,(H2,29,36)(H,31,37)(H,30,32,33). The van der Waals surface area contributed by atoms with Gasteiger partial charge >= 0.3 is 0 Å². The normalized spacial score (nSPS) is 18.9. The molecule has 4 N–H and O–H groups in total. The van der Waals surface area contributed by atoms with Crippen molar-refractivity contribution in [3.8, 4) is 6.07 Å². The number of carbonyl (C=O) groups is 3. The van der Waals surface area contributed by atoms with Crippen molar-refractivity contribution in [2.24, 2.45) is 5.73 Å². The number of nitriles is 1. The van der Waals surface area contributed by atoms with Gasteiger partial charge in [0.05, 0.1) is 16.7 Å². The summed E-state index contributed by atoms with van der Waals surface area (Å²) in [5.41, 5.74) is 4.81.